The predicted molar refractivity (Wildman–Crippen MR) is 34.1 cm³/mol. The second kappa shape index (κ2) is 3.28. The molecule has 0 spiro atoms. The van der Waals surface area contributed by atoms with Crippen molar-refractivity contribution in [3.8, 4) is 0 Å². The lowest BCUT2D eigenvalue weighted by atomic mass is 9.83. The van der Waals surface area contributed by atoms with Gasteiger partial charge in [0.05, 0.1) is 6.10 Å². The first-order valence-corrected chi connectivity index (χ1v) is 3.63. The molecule has 0 bridgehead atoms. The van der Waals surface area contributed by atoms with Crippen molar-refractivity contribution >= 4 is 0 Å². The molecular weight excluding hydrogens is 138 g/mol. The first-order valence-electron chi connectivity index (χ1n) is 3.63. The van der Waals surface area contributed by atoms with Gasteiger partial charge in [-0.05, 0) is 19.8 Å². The van der Waals surface area contributed by atoms with Crippen molar-refractivity contribution < 1.29 is 13.5 Å². The van der Waals surface area contributed by atoms with Gasteiger partial charge in [-0.1, -0.05) is 0 Å². The molecule has 1 nitrogen and oxygen atoms in total. The summed E-state index contributed by atoms with van der Waals surface area (Å²) in [7, 11) is 0. The van der Waals surface area contributed by atoms with Crippen LogP contribution in [0.15, 0.2) is 0 Å². The van der Waals surface area contributed by atoms with E-state index in [9.17, 15) is 8.78 Å². The smallest absolute Gasteiger partial charge is 0.241 e. The molecule has 0 heterocycles. The third-order valence-electron chi connectivity index (χ3n) is 1.89. The predicted octanol–water partition coefficient (Wildman–Crippen LogP) is 2.07. The molecule has 0 aromatic carbocycles. The average molecular weight is 150 g/mol. The van der Waals surface area contributed by atoms with Gasteiger partial charge < -0.3 is 4.74 Å². The molecular formula is C7H12F2O. The lowest BCUT2D eigenvalue weighted by Crippen LogP contribution is -2.35. The first-order chi connectivity index (χ1) is 4.74. The number of alkyl halides is 2. The van der Waals surface area contributed by atoms with Crippen molar-refractivity contribution in [2.45, 2.75) is 32.3 Å². The van der Waals surface area contributed by atoms with Crippen LogP contribution in [0.1, 0.15) is 19.8 Å². The number of ether oxygens (including phenoxy) is 1. The molecule has 0 atom stereocenters. The Hall–Kier alpha value is -0.180. The maximum Gasteiger partial charge on any atom is 0.241 e. The van der Waals surface area contributed by atoms with Crippen LogP contribution in [0.25, 0.3) is 0 Å². The molecule has 0 amide bonds. The Morgan fingerprint density at radius 3 is 2.50 bits per heavy atom. The van der Waals surface area contributed by atoms with Gasteiger partial charge in [0.15, 0.2) is 0 Å². The molecule has 3 heteroatoms. The molecule has 10 heavy (non-hydrogen) atoms. The van der Waals surface area contributed by atoms with Crippen molar-refractivity contribution in [1.29, 1.82) is 0 Å². The van der Waals surface area contributed by atoms with Crippen molar-refractivity contribution in [2.75, 3.05) is 6.61 Å². The third kappa shape index (κ3) is 1.66. The largest absolute Gasteiger partial charge is 0.378 e. The molecule has 0 unspecified atom stereocenters. The topological polar surface area (TPSA) is 9.23 Å². The Bertz CT molecular complexity index is 99.8. The summed E-state index contributed by atoms with van der Waals surface area (Å²) in [5.74, 6) is -0.392. The van der Waals surface area contributed by atoms with E-state index in [1.165, 1.54) is 0 Å². The van der Waals surface area contributed by atoms with E-state index in [0.717, 1.165) is 0 Å². The van der Waals surface area contributed by atoms with Gasteiger partial charge in [0.2, 0.25) is 6.43 Å². The third-order valence-corrected chi connectivity index (χ3v) is 1.89. The monoisotopic (exact) mass is 150 g/mol. The highest BCUT2D eigenvalue weighted by molar-refractivity contribution is 4.81. The number of hydrogen-bond donors (Lipinski definition) is 0. The van der Waals surface area contributed by atoms with Gasteiger partial charge in [-0.2, -0.15) is 0 Å². The Morgan fingerprint density at radius 1 is 1.50 bits per heavy atom. The fraction of sp³-hybridized carbons (Fsp3) is 1.00. The summed E-state index contributed by atoms with van der Waals surface area (Å²) in [6.45, 7) is 2.52. The van der Waals surface area contributed by atoms with Crippen LogP contribution in [0.3, 0.4) is 0 Å². The highest BCUT2D eigenvalue weighted by Crippen LogP contribution is 2.34. The molecule has 1 rings (SSSR count). The number of halogens is 2. The maximum absolute atomic E-state index is 11.8. The maximum atomic E-state index is 11.8. The van der Waals surface area contributed by atoms with E-state index in [-0.39, 0.29) is 6.10 Å². The second-order valence-corrected chi connectivity index (χ2v) is 2.64. The van der Waals surface area contributed by atoms with E-state index in [2.05, 4.69) is 0 Å². The van der Waals surface area contributed by atoms with Gasteiger partial charge in [0, 0.05) is 12.5 Å². The molecule has 60 valence electrons. The van der Waals surface area contributed by atoms with Crippen molar-refractivity contribution in [2.24, 2.45) is 5.92 Å². The Kier molecular flexibility index (Phi) is 2.60. The molecule has 1 fully saturated rings. The van der Waals surface area contributed by atoms with Crippen LogP contribution in [0.2, 0.25) is 0 Å². The Morgan fingerprint density at radius 2 is 2.10 bits per heavy atom. The summed E-state index contributed by atoms with van der Waals surface area (Å²) in [6, 6.07) is 0. The zero-order valence-corrected chi connectivity index (χ0v) is 6.02. The summed E-state index contributed by atoms with van der Waals surface area (Å²) in [4.78, 5) is 0. The lowest BCUT2D eigenvalue weighted by molar-refractivity contribution is -0.0774. The van der Waals surface area contributed by atoms with Crippen LogP contribution in [0.4, 0.5) is 8.78 Å². The molecule has 0 radical (unpaired) electrons. The molecule has 0 N–H and O–H groups in total. The van der Waals surface area contributed by atoms with E-state index < -0.39 is 12.3 Å². The summed E-state index contributed by atoms with van der Waals surface area (Å²) < 4.78 is 28.8. The van der Waals surface area contributed by atoms with Crippen molar-refractivity contribution in [1.82, 2.24) is 0 Å². The Balaban J connectivity index is 2.06. The van der Waals surface area contributed by atoms with E-state index in [0.29, 0.717) is 19.4 Å². The lowest BCUT2D eigenvalue weighted by Gasteiger charge is -2.33. The van der Waals surface area contributed by atoms with Gasteiger partial charge in [0.25, 0.3) is 0 Å². The Labute approximate surface area is 59.4 Å². The van der Waals surface area contributed by atoms with Crippen LogP contribution < -0.4 is 0 Å². The molecule has 1 aliphatic carbocycles. The molecule has 0 saturated heterocycles. The van der Waals surface area contributed by atoms with Gasteiger partial charge in [0.1, 0.15) is 0 Å². The number of hydrogen-bond acceptors (Lipinski definition) is 1. The minimum absolute atomic E-state index is 0.115. The van der Waals surface area contributed by atoms with E-state index >= 15 is 0 Å². The summed E-state index contributed by atoms with van der Waals surface area (Å²) in [5, 5.41) is 0. The standard InChI is InChI=1S/C7H12F2O/c1-2-10-6-3-5(4-6)7(8)9/h5-7H,2-4H2,1H3. The highest BCUT2D eigenvalue weighted by Gasteiger charge is 2.35. The molecule has 0 aliphatic heterocycles. The number of rotatable bonds is 3. The van der Waals surface area contributed by atoms with E-state index in [1.807, 2.05) is 6.92 Å². The first kappa shape index (κ1) is 7.92. The fourth-order valence-corrected chi connectivity index (χ4v) is 1.18. The average Bonchev–Trinajstić information content (AvgIpc) is 1.76. The SMILES string of the molecule is CCOC1CC(C(F)F)C1. The van der Waals surface area contributed by atoms with Crippen molar-refractivity contribution in [3.63, 3.8) is 0 Å². The van der Waals surface area contributed by atoms with Crippen LogP contribution in [-0.4, -0.2) is 19.1 Å². The molecule has 0 aromatic rings. The van der Waals surface area contributed by atoms with Gasteiger partial charge in [-0.3, -0.25) is 0 Å². The minimum Gasteiger partial charge on any atom is -0.378 e. The van der Waals surface area contributed by atoms with Crippen LogP contribution in [0.5, 0.6) is 0 Å². The summed E-state index contributed by atoms with van der Waals surface area (Å²) in [6.07, 6.45) is -0.933. The summed E-state index contributed by atoms with van der Waals surface area (Å²) >= 11 is 0. The normalized spacial score (nSPS) is 32.4. The zero-order valence-electron chi connectivity index (χ0n) is 6.02. The van der Waals surface area contributed by atoms with Crippen LogP contribution in [-0.2, 0) is 4.74 Å². The van der Waals surface area contributed by atoms with Gasteiger partial charge in [-0.15, -0.1) is 0 Å². The molecule has 1 saturated carbocycles. The highest BCUT2D eigenvalue weighted by atomic mass is 19.3. The molecule has 1 aliphatic rings. The van der Waals surface area contributed by atoms with Crippen LogP contribution in [0, 0.1) is 5.92 Å². The zero-order chi connectivity index (χ0) is 7.56. The van der Waals surface area contributed by atoms with E-state index in [1.54, 1.807) is 0 Å². The second-order valence-electron chi connectivity index (χ2n) is 2.64. The van der Waals surface area contributed by atoms with Gasteiger partial charge >= 0.3 is 0 Å². The minimum atomic E-state index is -2.14. The van der Waals surface area contributed by atoms with Gasteiger partial charge in [-0.25, -0.2) is 8.78 Å². The van der Waals surface area contributed by atoms with Crippen molar-refractivity contribution in [3.05, 3.63) is 0 Å². The summed E-state index contributed by atoms with van der Waals surface area (Å²) in [5.41, 5.74) is 0. The molecule has 0 aromatic heterocycles. The van der Waals surface area contributed by atoms with Crippen LogP contribution >= 0.6 is 0 Å². The van der Waals surface area contributed by atoms with E-state index in [4.69, 9.17) is 4.74 Å². The fourth-order valence-electron chi connectivity index (χ4n) is 1.18. The quantitative estimate of drug-likeness (QED) is 0.598.